The molecule has 3 heterocycles. The summed E-state index contributed by atoms with van der Waals surface area (Å²) in [5, 5.41) is 6.83. The Bertz CT molecular complexity index is 853. The predicted octanol–water partition coefficient (Wildman–Crippen LogP) is 1.55. The molecule has 1 aromatic carbocycles. The molecule has 7 nitrogen and oxygen atoms in total. The highest BCUT2D eigenvalue weighted by Crippen LogP contribution is 2.31. The average Bonchev–Trinajstić information content (AvgIpc) is 3.23. The second kappa shape index (κ2) is 5.92. The highest BCUT2D eigenvalue weighted by molar-refractivity contribution is 5.78. The third kappa shape index (κ3) is 2.68. The van der Waals surface area contributed by atoms with Crippen molar-refractivity contribution in [2.24, 2.45) is 0 Å². The van der Waals surface area contributed by atoms with Crippen molar-refractivity contribution < 1.29 is 4.79 Å². The van der Waals surface area contributed by atoms with Gasteiger partial charge in [-0.25, -0.2) is 9.97 Å². The summed E-state index contributed by atoms with van der Waals surface area (Å²) in [6.45, 7) is 2.98. The maximum Gasteiger partial charge on any atom is 0.230 e. The molecule has 4 rings (SSSR count). The second-order valence-corrected chi connectivity index (χ2v) is 6.02. The van der Waals surface area contributed by atoms with Crippen LogP contribution in [0.5, 0.6) is 0 Å². The first kappa shape index (κ1) is 14.6. The Labute approximate surface area is 139 Å². The van der Waals surface area contributed by atoms with Crippen molar-refractivity contribution in [3.8, 4) is 0 Å². The number of benzene rings is 1. The predicted molar refractivity (Wildman–Crippen MR) is 87.1 cm³/mol. The number of aromatic amines is 2. The quantitative estimate of drug-likeness (QED) is 0.765. The van der Waals surface area contributed by atoms with E-state index in [-0.39, 0.29) is 18.2 Å². The summed E-state index contributed by atoms with van der Waals surface area (Å²) < 4.78 is 0. The first-order valence-corrected chi connectivity index (χ1v) is 7.93. The van der Waals surface area contributed by atoms with Crippen LogP contribution in [-0.2, 0) is 17.8 Å². The molecule has 7 heteroatoms. The lowest BCUT2D eigenvalue weighted by Crippen LogP contribution is -2.39. The number of fused-ring (bicyclic) bond motifs is 1. The van der Waals surface area contributed by atoms with Crippen molar-refractivity contribution in [3.63, 3.8) is 0 Å². The number of carbonyl (C=O) groups is 1. The lowest BCUT2D eigenvalue weighted by molar-refractivity contribution is -0.131. The fourth-order valence-corrected chi connectivity index (χ4v) is 3.17. The van der Waals surface area contributed by atoms with Gasteiger partial charge in [-0.15, -0.1) is 0 Å². The number of nitrogens with zero attached hydrogens (tertiary/aromatic N) is 4. The largest absolute Gasteiger partial charge is 0.347 e. The Balaban J connectivity index is 1.59. The third-order valence-corrected chi connectivity index (χ3v) is 4.34. The number of nitrogens with one attached hydrogen (secondary N) is 2. The number of carbonyl (C=O) groups excluding carboxylic acids is 1. The molecule has 1 aliphatic heterocycles. The molecule has 0 aliphatic carbocycles. The molecule has 24 heavy (non-hydrogen) atoms. The summed E-state index contributed by atoms with van der Waals surface area (Å²) in [6, 6.07) is 10.2. The van der Waals surface area contributed by atoms with Crippen molar-refractivity contribution in [2.75, 3.05) is 6.54 Å². The van der Waals surface area contributed by atoms with E-state index in [9.17, 15) is 4.79 Å². The van der Waals surface area contributed by atoms with Gasteiger partial charge in [0.1, 0.15) is 5.82 Å². The third-order valence-electron chi connectivity index (χ3n) is 4.34. The molecule has 1 aliphatic rings. The van der Waals surface area contributed by atoms with Gasteiger partial charge in [-0.05, 0) is 12.5 Å². The lowest BCUT2D eigenvalue weighted by Gasteiger charge is -2.32. The minimum absolute atomic E-state index is 0.0233. The molecule has 2 N–H and O–H groups in total. The second-order valence-electron chi connectivity index (χ2n) is 6.02. The maximum absolute atomic E-state index is 12.7. The smallest absolute Gasteiger partial charge is 0.230 e. The molecule has 1 atom stereocenters. The molecule has 0 fully saturated rings. The number of aromatic nitrogens is 5. The van der Waals surface area contributed by atoms with Crippen LogP contribution in [0.15, 0.2) is 36.7 Å². The maximum atomic E-state index is 12.7. The van der Waals surface area contributed by atoms with Gasteiger partial charge >= 0.3 is 0 Å². The molecular weight excluding hydrogens is 304 g/mol. The van der Waals surface area contributed by atoms with Gasteiger partial charge in [0.15, 0.2) is 5.82 Å². The van der Waals surface area contributed by atoms with E-state index in [1.807, 2.05) is 30.0 Å². The number of hydrogen-bond donors (Lipinski definition) is 2. The molecule has 2 aromatic heterocycles. The minimum Gasteiger partial charge on any atom is -0.347 e. The van der Waals surface area contributed by atoms with Crippen LogP contribution in [0.4, 0.5) is 0 Å². The van der Waals surface area contributed by atoms with E-state index in [4.69, 9.17) is 0 Å². The van der Waals surface area contributed by atoms with Gasteiger partial charge in [-0.2, -0.15) is 5.10 Å². The van der Waals surface area contributed by atoms with E-state index >= 15 is 0 Å². The van der Waals surface area contributed by atoms with Gasteiger partial charge in [0.05, 0.1) is 30.7 Å². The van der Waals surface area contributed by atoms with E-state index in [1.54, 1.807) is 6.33 Å². The van der Waals surface area contributed by atoms with Crippen molar-refractivity contribution in [1.82, 2.24) is 30.0 Å². The summed E-state index contributed by atoms with van der Waals surface area (Å²) in [7, 11) is 0. The highest BCUT2D eigenvalue weighted by Gasteiger charge is 2.31. The molecule has 0 saturated heterocycles. The van der Waals surface area contributed by atoms with E-state index in [0.717, 1.165) is 22.8 Å². The lowest BCUT2D eigenvalue weighted by atomic mass is 9.91. The highest BCUT2D eigenvalue weighted by atomic mass is 16.2. The van der Waals surface area contributed by atoms with Crippen LogP contribution in [0.1, 0.15) is 34.5 Å². The standard InChI is InChI=1S/C17H18N6O/c1-11-20-15(22-21-11)7-16(24)23-8-13(12-5-3-2-4-6-12)17-14(9-23)18-10-19-17/h2-6,10,13H,7-9H2,1H3,(H,18,19)(H,20,21,22). The van der Waals surface area contributed by atoms with Crippen molar-refractivity contribution in [2.45, 2.75) is 25.8 Å². The van der Waals surface area contributed by atoms with Crippen LogP contribution in [0.3, 0.4) is 0 Å². The van der Waals surface area contributed by atoms with Crippen LogP contribution in [-0.4, -0.2) is 42.5 Å². The molecule has 0 saturated carbocycles. The van der Waals surface area contributed by atoms with Crippen LogP contribution >= 0.6 is 0 Å². The van der Waals surface area contributed by atoms with E-state index in [0.29, 0.717) is 18.9 Å². The fourth-order valence-electron chi connectivity index (χ4n) is 3.17. The molecule has 1 amide bonds. The summed E-state index contributed by atoms with van der Waals surface area (Å²) in [5.74, 6) is 1.35. The van der Waals surface area contributed by atoms with E-state index < -0.39 is 0 Å². The van der Waals surface area contributed by atoms with Gasteiger partial charge in [0.2, 0.25) is 5.91 Å². The summed E-state index contributed by atoms with van der Waals surface area (Å²) in [4.78, 5) is 26.4. The van der Waals surface area contributed by atoms with Crippen molar-refractivity contribution in [1.29, 1.82) is 0 Å². The number of imidazole rings is 1. The Morgan fingerprint density at radius 2 is 2.17 bits per heavy atom. The fraction of sp³-hybridized carbons (Fsp3) is 0.294. The zero-order valence-corrected chi connectivity index (χ0v) is 13.4. The zero-order valence-electron chi connectivity index (χ0n) is 13.4. The number of rotatable bonds is 3. The molecule has 0 radical (unpaired) electrons. The molecule has 122 valence electrons. The topological polar surface area (TPSA) is 90.6 Å². The van der Waals surface area contributed by atoms with Crippen LogP contribution < -0.4 is 0 Å². The molecule has 3 aromatic rings. The van der Waals surface area contributed by atoms with Crippen LogP contribution in [0.25, 0.3) is 0 Å². The summed E-state index contributed by atoms with van der Waals surface area (Å²) in [6.07, 6.45) is 1.91. The summed E-state index contributed by atoms with van der Waals surface area (Å²) in [5.41, 5.74) is 3.19. The normalized spacial score (nSPS) is 16.9. The monoisotopic (exact) mass is 322 g/mol. The number of aryl methyl sites for hydroxylation is 1. The minimum atomic E-state index is 0.0233. The zero-order chi connectivity index (χ0) is 16.5. The number of H-pyrrole nitrogens is 2. The van der Waals surface area contributed by atoms with Gasteiger partial charge < -0.3 is 9.88 Å². The number of hydrogen-bond acceptors (Lipinski definition) is 4. The van der Waals surface area contributed by atoms with Gasteiger partial charge in [0.25, 0.3) is 0 Å². The van der Waals surface area contributed by atoms with E-state index in [2.05, 4.69) is 37.3 Å². The molecular formula is C17H18N6O. The van der Waals surface area contributed by atoms with E-state index in [1.165, 1.54) is 0 Å². The Hall–Kier alpha value is -2.96. The number of amides is 1. The first-order valence-electron chi connectivity index (χ1n) is 7.93. The Kier molecular flexibility index (Phi) is 3.60. The van der Waals surface area contributed by atoms with Crippen molar-refractivity contribution in [3.05, 3.63) is 65.3 Å². The average molecular weight is 322 g/mol. The Morgan fingerprint density at radius 1 is 1.33 bits per heavy atom. The molecule has 1 unspecified atom stereocenters. The van der Waals surface area contributed by atoms with Crippen LogP contribution in [0.2, 0.25) is 0 Å². The van der Waals surface area contributed by atoms with Gasteiger partial charge in [-0.1, -0.05) is 30.3 Å². The SMILES string of the molecule is Cc1nc(CC(=O)N2Cc3[nH]cnc3C(c3ccccc3)C2)n[nH]1. The Morgan fingerprint density at radius 3 is 2.92 bits per heavy atom. The van der Waals surface area contributed by atoms with Gasteiger partial charge in [-0.3, -0.25) is 9.89 Å². The first-order chi connectivity index (χ1) is 11.7. The molecule has 0 spiro atoms. The van der Waals surface area contributed by atoms with Crippen molar-refractivity contribution >= 4 is 5.91 Å². The molecule has 0 bridgehead atoms. The van der Waals surface area contributed by atoms with Gasteiger partial charge in [0, 0.05) is 12.5 Å². The van der Waals surface area contributed by atoms with Crippen LogP contribution in [0, 0.1) is 6.92 Å². The summed E-state index contributed by atoms with van der Waals surface area (Å²) >= 11 is 0.